The van der Waals surface area contributed by atoms with Crippen LogP contribution in [0.2, 0.25) is 5.02 Å². The Balaban J connectivity index is 3.14. The number of ether oxygens (including phenoxy) is 1. The summed E-state index contributed by atoms with van der Waals surface area (Å²) in [6.07, 6.45) is 0. The Morgan fingerprint density at radius 2 is 2.14 bits per heavy atom. The van der Waals surface area contributed by atoms with Gasteiger partial charge in [-0.05, 0) is 18.6 Å². The lowest BCUT2D eigenvalue weighted by molar-refractivity contribution is -0.0735. The average Bonchev–Trinajstić information content (AvgIpc) is 2.13. The van der Waals surface area contributed by atoms with Crippen molar-refractivity contribution in [2.45, 2.75) is 13.5 Å². The van der Waals surface area contributed by atoms with E-state index in [9.17, 15) is 0 Å². The number of halogens is 1. The largest absolute Gasteiger partial charge is 0.496 e. The maximum absolute atomic E-state index is 9.16. The van der Waals surface area contributed by atoms with Crippen LogP contribution in [0.4, 0.5) is 0 Å². The third-order valence-electron chi connectivity index (χ3n) is 2.00. The van der Waals surface area contributed by atoms with Crippen molar-refractivity contribution >= 4 is 11.6 Å². The zero-order chi connectivity index (χ0) is 10.7. The van der Waals surface area contributed by atoms with E-state index in [2.05, 4.69) is 0 Å². The summed E-state index contributed by atoms with van der Waals surface area (Å²) in [7, 11) is 3.15. The van der Waals surface area contributed by atoms with Crippen molar-refractivity contribution in [2.24, 2.45) is 0 Å². The number of hydrogen-bond donors (Lipinski definition) is 1. The van der Waals surface area contributed by atoms with E-state index >= 15 is 0 Å². The minimum absolute atomic E-state index is 0.351. The van der Waals surface area contributed by atoms with Gasteiger partial charge >= 0.3 is 0 Å². The summed E-state index contributed by atoms with van der Waals surface area (Å²) in [5.74, 6) is 0.696. The van der Waals surface area contributed by atoms with Crippen LogP contribution in [0.1, 0.15) is 11.1 Å². The quantitative estimate of drug-likeness (QED) is 0.787. The van der Waals surface area contributed by atoms with Crippen molar-refractivity contribution < 1.29 is 9.94 Å². The Bertz CT molecular complexity index is 326. The first-order valence-corrected chi connectivity index (χ1v) is 4.66. The monoisotopic (exact) mass is 215 g/mol. The van der Waals surface area contributed by atoms with Gasteiger partial charge in [0.2, 0.25) is 0 Å². The van der Waals surface area contributed by atoms with Crippen LogP contribution in [0.15, 0.2) is 12.1 Å². The molecule has 0 aliphatic rings. The van der Waals surface area contributed by atoms with Gasteiger partial charge in [-0.25, -0.2) is 0 Å². The number of nitrogens with zero attached hydrogens (tertiary/aromatic N) is 1. The molecular formula is C10H14ClNO2. The van der Waals surface area contributed by atoms with Crippen LogP contribution in [0.5, 0.6) is 5.75 Å². The van der Waals surface area contributed by atoms with Crippen molar-refractivity contribution in [3.8, 4) is 5.75 Å². The van der Waals surface area contributed by atoms with Crippen molar-refractivity contribution in [1.82, 2.24) is 5.06 Å². The highest BCUT2D eigenvalue weighted by Crippen LogP contribution is 2.30. The second-order valence-electron chi connectivity index (χ2n) is 3.19. The molecule has 0 aliphatic heterocycles. The topological polar surface area (TPSA) is 32.7 Å². The number of hydroxylamine groups is 2. The molecule has 1 rings (SSSR count). The van der Waals surface area contributed by atoms with Gasteiger partial charge in [-0.15, -0.1) is 0 Å². The lowest BCUT2D eigenvalue weighted by Gasteiger charge is -2.15. The first-order valence-electron chi connectivity index (χ1n) is 4.28. The summed E-state index contributed by atoms with van der Waals surface area (Å²) in [6, 6.07) is 3.74. The Morgan fingerprint density at radius 1 is 1.50 bits per heavy atom. The van der Waals surface area contributed by atoms with Gasteiger partial charge in [0.15, 0.2) is 0 Å². The van der Waals surface area contributed by atoms with E-state index in [-0.39, 0.29) is 0 Å². The van der Waals surface area contributed by atoms with Crippen molar-refractivity contribution in [3.63, 3.8) is 0 Å². The van der Waals surface area contributed by atoms with Crippen LogP contribution in [0, 0.1) is 6.92 Å². The molecule has 14 heavy (non-hydrogen) atoms. The third kappa shape index (κ3) is 2.38. The minimum atomic E-state index is 0.351. The Hall–Kier alpha value is -0.770. The van der Waals surface area contributed by atoms with E-state index in [4.69, 9.17) is 21.5 Å². The fourth-order valence-electron chi connectivity index (χ4n) is 1.29. The fraction of sp³-hybridized carbons (Fsp3) is 0.400. The predicted molar refractivity (Wildman–Crippen MR) is 56.0 cm³/mol. The number of hydrogen-bond acceptors (Lipinski definition) is 3. The van der Waals surface area contributed by atoms with Crippen LogP contribution in [-0.2, 0) is 6.54 Å². The molecular weight excluding hydrogens is 202 g/mol. The van der Waals surface area contributed by atoms with E-state index < -0.39 is 0 Å². The summed E-state index contributed by atoms with van der Waals surface area (Å²) in [6.45, 7) is 2.27. The van der Waals surface area contributed by atoms with Crippen LogP contribution < -0.4 is 4.74 Å². The molecule has 0 bridgehead atoms. The highest BCUT2D eigenvalue weighted by Gasteiger charge is 2.11. The Labute approximate surface area is 88.8 Å². The van der Waals surface area contributed by atoms with Crippen LogP contribution >= 0.6 is 11.6 Å². The lowest BCUT2D eigenvalue weighted by Crippen LogP contribution is -2.13. The molecule has 0 saturated carbocycles. The molecule has 0 unspecified atom stereocenters. The van der Waals surface area contributed by atoms with Gasteiger partial charge in [0.1, 0.15) is 5.75 Å². The van der Waals surface area contributed by atoms with Crippen LogP contribution in [0.3, 0.4) is 0 Å². The van der Waals surface area contributed by atoms with E-state index in [1.165, 1.54) is 0 Å². The molecule has 78 valence electrons. The SMILES string of the molecule is COc1ccc(C)c(Cl)c1CN(C)O. The highest BCUT2D eigenvalue weighted by molar-refractivity contribution is 6.32. The molecule has 0 saturated heterocycles. The predicted octanol–water partition coefficient (Wildman–Crippen LogP) is 2.48. The molecule has 0 amide bonds. The number of methoxy groups -OCH3 is 1. The average molecular weight is 216 g/mol. The molecule has 1 aromatic rings. The molecule has 0 aliphatic carbocycles. The highest BCUT2D eigenvalue weighted by atomic mass is 35.5. The fourth-order valence-corrected chi connectivity index (χ4v) is 1.50. The molecule has 0 aromatic heterocycles. The van der Waals surface area contributed by atoms with Gasteiger partial charge in [0.25, 0.3) is 0 Å². The second kappa shape index (κ2) is 4.64. The Kier molecular flexibility index (Phi) is 3.75. The summed E-state index contributed by atoms with van der Waals surface area (Å²) in [5.41, 5.74) is 1.78. The first-order chi connectivity index (χ1) is 6.56. The molecule has 3 nitrogen and oxygen atoms in total. The van der Waals surface area contributed by atoms with E-state index in [1.807, 2.05) is 19.1 Å². The maximum atomic E-state index is 9.16. The smallest absolute Gasteiger partial charge is 0.124 e. The third-order valence-corrected chi connectivity index (χ3v) is 2.53. The standard InChI is InChI=1S/C10H14ClNO2/c1-7-4-5-9(14-3)8(10(7)11)6-12(2)13/h4-5,13H,6H2,1-3H3. The molecule has 1 aromatic carbocycles. The molecule has 0 radical (unpaired) electrons. The van der Waals surface area contributed by atoms with Crippen LogP contribution in [-0.4, -0.2) is 24.4 Å². The number of rotatable bonds is 3. The van der Waals surface area contributed by atoms with Crippen molar-refractivity contribution in [1.29, 1.82) is 0 Å². The van der Waals surface area contributed by atoms with Gasteiger partial charge in [0, 0.05) is 12.6 Å². The summed E-state index contributed by atoms with van der Waals surface area (Å²) >= 11 is 6.10. The van der Waals surface area contributed by atoms with Crippen molar-refractivity contribution in [2.75, 3.05) is 14.2 Å². The number of benzene rings is 1. The summed E-state index contributed by atoms with van der Waals surface area (Å²) in [4.78, 5) is 0. The van der Waals surface area contributed by atoms with Gasteiger partial charge in [-0.1, -0.05) is 17.7 Å². The zero-order valence-electron chi connectivity index (χ0n) is 8.54. The summed E-state index contributed by atoms with van der Waals surface area (Å²) in [5, 5.41) is 10.9. The van der Waals surface area contributed by atoms with Crippen molar-refractivity contribution in [3.05, 3.63) is 28.3 Å². The van der Waals surface area contributed by atoms with Gasteiger partial charge in [-0.2, -0.15) is 5.06 Å². The second-order valence-corrected chi connectivity index (χ2v) is 3.57. The van der Waals surface area contributed by atoms with E-state index in [0.29, 0.717) is 17.3 Å². The van der Waals surface area contributed by atoms with E-state index in [0.717, 1.165) is 16.2 Å². The minimum Gasteiger partial charge on any atom is -0.496 e. The summed E-state index contributed by atoms with van der Waals surface area (Å²) < 4.78 is 5.16. The molecule has 0 fully saturated rings. The van der Waals surface area contributed by atoms with Gasteiger partial charge in [-0.3, -0.25) is 0 Å². The molecule has 0 spiro atoms. The maximum Gasteiger partial charge on any atom is 0.124 e. The molecule has 1 N–H and O–H groups in total. The molecule has 0 heterocycles. The van der Waals surface area contributed by atoms with Crippen LogP contribution in [0.25, 0.3) is 0 Å². The molecule has 4 heteroatoms. The number of aryl methyl sites for hydroxylation is 1. The Morgan fingerprint density at radius 3 is 2.64 bits per heavy atom. The first kappa shape index (κ1) is 11.3. The van der Waals surface area contributed by atoms with Gasteiger partial charge < -0.3 is 9.94 Å². The molecule has 0 atom stereocenters. The lowest BCUT2D eigenvalue weighted by atomic mass is 10.1. The normalized spacial score (nSPS) is 10.7. The van der Waals surface area contributed by atoms with E-state index in [1.54, 1.807) is 14.2 Å². The zero-order valence-corrected chi connectivity index (χ0v) is 9.30. The van der Waals surface area contributed by atoms with Gasteiger partial charge in [0.05, 0.1) is 18.7 Å².